The fourth-order valence-electron chi connectivity index (χ4n) is 4.74. The molecule has 1 aliphatic rings. The van der Waals surface area contributed by atoms with Crippen LogP contribution in [-0.2, 0) is 23.8 Å². The van der Waals surface area contributed by atoms with Gasteiger partial charge in [-0.2, -0.15) is 0 Å². The third-order valence-electron chi connectivity index (χ3n) is 7.30. The summed E-state index contributed by atoms with van der Waals surface area (Å²) in [6.45, 7) is 6.08. The summed E-state index contributed by atoms with van der Waals surface area (Å²) < 4.78 is 26.5. The molecule has 46 heavy (non-hydrogen) atoms. The highest BCUT2D eigenvalue weighted by Gasteiger charge is 2.12. The van der Waals surface area contributed by atoms with Crippen LogP contribution in [0.15, 0.2) is 104 Å². The van der Waals surface area contributed by atoms with Gasteiger partial charge in [0.05, 0.1) is 30.8 Å². The van der Waals surface area contributed by atoms with Crippen molar-refractivity contribution in [2.75, 3.05) is 19.8 Å². The van der Waals surface area contributed by atoms with Gasteiger partial charge in [0.25, 0.3) is 0 Å². The molecule has 0 amide bonds. The normalized spacial score (nSPS) is 12.3. The summed E-state index contributed by atoms with van der Waals surface area (Å²) in [6.07, 6.45) is 11.4. The summed E-state index contributed by atoms with van der Waals surface area (Å²) >= 11 is 0. The number of hydrogen-bond acceptors (Lipinski definition) is 8. The Hall–Kier alpha value is -5.11. The number of ether oxygens (including phenoxy) is 5. The van der Waals surface area contributed by atoms with Gasteiger partial charge in [-0.1, -0.05) is 56.0 Å². The van der Waals surface area contributed by atoms with Crippen LogP contribution in [0.3, 0.4) is 0 Å². The zero-order valence-electron chi connectivity index (χ0n) is 26.2. The van der Waals surface area contributed by atoms with Crippen LogP contribution in [0.25, 0.3) is 16.7 Å². The zero-order chi connectivity index (χ0) is 32.6. The molecule has 240 valence electrons. The average Bonchev–Trinajstić information content (AvgIpc) is 3.09. The number of carbonyl (C=O) groups excluding carboxylic acids is 3. The minimum Gasteiger partial charge on any atom is -0.498 e. The van der Waals surface area contributed by atoms with Crippen LogP contribution in [0.1, 0.15) is 67.8 Å². The van der Waals surface area contributed by atoms with Crippen LogP contribution in [0.2, 0.25) is 0 Å². The quantitative estimate of drug-likeness (QED) is 0.0641. The van der Waals surface area contributed by atoms with Gasteiger partial charge in [0.1, 0.15) is 11.5 Å². The summed E-state index contributed by atoms with van der Waals surface area (Å²) in [4.78, 5) is 35.2. The Morgan fingerprint density at radius 1 is 0.696 bits per heavy atom. The van der Waals surface area contributed by atoms with Gasteiger partial charge in [0, 0.05) is 12.8 Å². The van der Waals surface area contributed by atoms with Crippen molar-refractivity contribution in [1.82, 2.24) is 0 Å². The Morgan fingerprint density at radius 2 is 1.33 bits per heavy atom. The van der Waals surface area contributed by atoms with Gasteiger partial charge in [-0.05, 0) is 96.8 Å². The van der Waals surface area contributed by atoms with Crippen LogP contribution in [0.5, 0.6) is 11.5 Å². The molecule has 0 N–H and O–H groups in total. The molecule has 0 radical (unpaired) electrons. The van der Waals surface area contributed by atoms with Gasteiger partial charge in [-0.3, -0.25) is 4.79 Å². The molecule has 4 rings (SSSR count). The molecule has 0 aliphatic heterocycles. The SMILES string of the molecule is C=COC(=O)COc1ccc(OC(=O)c2ccc(-c3ccc(C4=CC=C(OCCCCCCOC(=O)CC)CC4)cc3)cc2)cc1. The van der Waals surface area contributed by atoms with E-state index in [9.17, 15) is 14.4 Å². The Morgan fingerprint density at radius 3 is 1.96 bits per heavy atom. The van der Waals surface area contributed by atoms with Crippen molar-refractivity contribution in [3.8, 4) is 22.6 Å². The molecule has 0 bridgehead atoms. The first-order chi connectivity index (χ1) is 22.4. The van der Waals surface area contributed by atoms with E-state index < -0.39 is 11.9 Å². The van der Waals surface area contributed by atoms with E-state index in [0.29, 0.717) is 36.7 Å². The number of rotatable bonds is 17. The van der Waals surface area contributed by atoms with E-state index >= 15 is 0 Å². The van der Waals surface area contributed by atoms with Gasteiger partial charge in [-0.25, -0.2) is 9.59 Å². The second-order valence-corrected chi connectivity index (χ2v) is 10.6. The standard InChI is InChI=1S/C38H40O8/c1-3-36(39)44-26-8-6-5-7-25-43-33-19-17-31(18-20-33)29-11-9-28(10-12-29)30-13-15-32(16-14-30)38(41)46-35-23-21-34(22-24-35)45-27-37(40)42-4-2/h4,9-17,19,21-24H,2-3,5-8,18,20,25-27H2,1H3. The third kappa shape index (κ3) is 10.8. The molecular formula is C38H40O8. The summed E-state index contributed by atoms with van der Waals surface area (Å²) in [5.41, 5.74) is 4.93. The molecule has 8 heteroatoms. The molecule has 0 unspecified atom stereocenters. The lowest BCUT2D eigenvalue weighted by Crippen LogP contribution is -2.12. The van der Waals surface area contributed by atoms with Crippen molar-refractivity contribution in [2.45, 2.75) is 51.9 Å². The summed E-state index contributed by atoms with van der Waals surface area (Å²) in [5, 5.41) is 0. The number of esters is 3. The van der Waals surface area contributed by atoms with Gasteiger partial charge in [0.15, 0.2) is 6.61 Å². The molecule has 3 aromatic rings. The van der Waals surface area contributed by atoms with E-state index in [0.717, 1.165) is 61.7 Å². The van der Waals surface area contributed by atoms with Crippen molar-refractivity contribution in [3.05, 3.63) is 115 Å². The third-order valence-corrected chi connectivity index (χ3v) is 7.30. The highest BCUT2D eigenvalue weighted by Crippen LogP contribution is 2.29. The van der Waals surface area contributed by atoms with Gasteiger partial charge < -0.3 is 23.7 Å². The van der Waals surface area contributed by atoms with Gasteiger partial charge in [-0.15, -0.1) is 0 Å². The Kier molecular flexibility index (Phi) is 13.2. The zero-order valence-corrected chi connectivity index (χ0v) is 26.2. The number of benzene rings is 3. The van der Waals surface area contributed by atoms with E-state index in [1.165, 1.54) is 11.1 Å². The van der Waals surface area contributed by atoms with Crippen molar-refractivity contribution in [2.24, 2.45) is 0 Å². The largest absolute Gasteiger partial charge is 0.498 e. The predicted molar refractivity (Wildman–Crippen MR) is 176 cm³/mol. The number of carbonyl (C=O) groups is 3. The second kappa shape index (κ2) is 18.0. The average molecular weight is 625 g/mol. The second-order valence-electron chi connectivity index (χ2n) is 10.6. The number of allylic oxidation sites excluding steroid dienone is 4. The molecule has 0 saturated heterocycles. The first-order valence-electron chi connectivity index (χ1n) is 15.6. The molecule has 0 saturated carbocycles. The van der Waals surface area contributed by atoms with Gasteiger partial charge in [0.2, 0.25) is 0 Å². The molecule has 3 aromatic carbocycles. The number of hydrogen-bond donors (Lipinski definition) is 0. The Balaban J connectivity index is 1.21. The lowest BCUT2D eigenvalue weighted by molar-refractivity contribution is -0.143. The van der Waals surface area contributed by atoms with E-state index in [4.69, 9.17) is 18.9 Å². The minimum absolute atomic E-state index is 0.135. The maximum absolute atomic E-state index is 12.7. The van der Waals surface area contributed by atoms with Crippen molar-refractivity contribution in [1.29, 1.82) is 0 Å². The van der Waals surface area contributed by atoms with E-state index in [2.05, 4.69) is 47.7 Å². The molecule has 0 heterocycles. The smallest absolute Gasteiger partial charge is 0.348 e. The van der Waals surface area contributed by atoms with Crippen LogP contribution in [0.4, 0.5) is 0 Å². The lowest BCUT2D eigenvalue weighted by atomic mass is 9.94. The molecule has 0 aromatic heterocycles. The highest BCUT2D eigenvalue weighted by atomic mass is 16.6. The molecule has 8 nitrogen and oxygen atoms in total. The van der Waals surface area contributed by atoms with Crippen molar-refractivity contribution < 1.29 is 38.1 Å². The maximum atomic E-state index is 12.7. The lowest BCUT2D eigenvalue weighted by Gasteiger charge is -2.16. The molecule has 0 spiro atoms. The fraction of sp³-hybridized carbons (Fsp3) is 0.289. The van der Waals surface area contributed by atoms with E-state index in [-0.39, 0.29) is 12.6 Å². The van der Waals surface area contributed by atoms with Gasteiger partial charge >= 0.3 is 17.9 Å². The minimum atomic E-state index is -0.561. The van der Waals surface area contributed by atoms with Crippen LogP contribution in [0, 0.1) is 0 Å². The highest BCUT2D eigenvalue weighted by molar-refractivity contribution is 5.91. The Bertz CT molecular complexity index is 1520. The first kappa shape index (κ1) is 33.8. The van der Waals surface area contributed by atoms with Crippen molar-refractivity contribution in [3.63, 3.8) is 0 Å². The molecule has 0 fully saturated rings. The topological polar surface area (TPSA) is 97.4 Å². The van der Waals surface area contributed by atoms with E-state index in [1.54, 1.807) is 43.3 Å². The molecule has 0 atom stereocenters. The molecule has 1 aliphatic carbocycles. The first-order valence-corrected chi connectivity index (χ1v) is 15.6. The van der Waals surface area contributed by atoms with Crippen LogP contribution in [-0.4, -0.2) is 37.7 Å². The van der Waals surface area contributed by atoms with Crippen molar-refractivity contribution >= 4 is 23.5 Å². The fourth-order valence-corrected chi connectivity index (χ4v) is 4.74. The van der Waals surface area contributed by atoms with Crippen LogP contribution >= 0.6 is 0 Å². The predicted octanol–water partition coefficient (Wildman–Crippen LogP) is 8.23. The number of unbranched alkanes of at least 4 members (excludes halogenated alkanes) is 3. The summed E-state index contributed by atoms with van der Waals surface area (Å²) in [5.74, 6) is 0.645. The maximum Gasteiger partial charge on any atom is 0.348 e. The summed E-state index contributed by atoms with van der Waals surface area (Å²) in [6, 6.07) is 22.1. The summed E-state index contributed by atoms with van der Waals surface area (Å²) in [7, 11) is 0. The van der Waals surface area contributed by atoms with E-state index in [1.807, 2.05) is 12.1 Å². The monoisotopic (exact) mass is 624 g/mol. The van der Waals surface area contributed by atoms with Crippen LogP contribution < -0.4 is 9.47 Å². The Labute approximate surface area is 270 Å². The molecular weight excluding hydrogens is 584 g/mol.